The number of nitrogens with zero attached hydrogens (tertiary/aromatic N) is 7. The standard InChI is InChI=1S/C14H10BrF3N4O2S.C9H12BrNO4S2.C7H4F3N3/c1-2-25(23,24)11-3-9(15)6-20-13(11)22-7-8-5-19-12(14(16,17)18)4-10(8)21-22;1-3-16(12,13)8-5-7(10)6-11-9(8)17(14,15)4-2;8-7(9,10)6-1-5-4(2-11-6)3-12-13-5/h3-7H,2H2,1H3;5-6H,3-4H2,1-2H3;1-3H,(H,12,13). The molecule has 0 spiro atoms. The van der Waals surface area contributed by atoms with Gasteiger partial charge < -0.3 is 0 Å². The fourth-order valence-corrected chi connectivity index (χ4v) is 8.86. The fourth-order valence-electron chi connectivity index (χ4n) is 4.30. The van der Waals surface area contributed by atoms with Gasteiger partial charge in [-0.3, -0.25) is 15.1 Å². The second-order valence-electron chi connectivity index (χ2n) is 10.9. The molecule has 14 nitrogen and oxygen atoms in total. The summed E-state index contributed by atoms with van der Waals surface area (Å²) in [5.41, 5.74) is -1.62. The lowest BCUT2D eigenvalue weighted by Gasteiger charge is -2.08. The third-order valence-electron chi connectivity index (χ3n) is 7.20. The number of fused-ring (bicyclic) bond motifs is 2. The van der Waals surface area contributed by atoms with Gasteiger partial charge in [-0.05, 0) is 56.1 Å². The van der Waals surface area contributed by atoms with Crippen LogP contribution in [0.4, 0.5) is 26.3 Å². The van der Waals surface area contributed by atoms with Crippen LogP contribution < -0.4 is 0 Å². The van der Waals surface area contributed by atoms with E-state index in [1.807, 2.05) is 0 Å². The number of H-pyrrole nitrogens is 1. The zero-order valence-corrected chi connectivity index (χ0v) is 33.8. The van der Waals surface area contributed by atoms with E-state index in [9.17, 15) is 51.6 Å². The highest BCUT2D eigenvalue weighted by atomic mass is 79.9. The molecule has 6 rings (SSSR count). The van der Waals surface area contributed by atoms with Crippen LogP contribution in [0.3, 0.4) is 0 Å². The van der Waals surface area contributed by atoms with E-state index in [1.54, 1.807) is 0 Å². The van der Waals surface area contributed by atoms with Crippen molar-refractivity contribution in [1.29, 1.82) is 0 Å². The van der Waals surface area contributed by atoms with E-state index in [2.05, 4.69) is 67.1 Å². The summed E-state index contributed by atoms with van der Waals surface area (Å²) in [4.78, 5) is 14.1. The molecule has 6 aromatic heterocycles. The zero-order chi connectivity index (χ0) is 41.1. The van der Waals surface area contributed by atoms with Gasteiger partial charge in [-0.2, -0.15) is 36.5 Å². The van der Waals surface area contributed by atoms with Crippen LogP contribution in [0.2, 0.25) is 0 Å². The molecule has 0 aromatic carbocycles. The second-order valence-corrected chi connectivity index (χ2v) is 19.4. The maximum absolute atomic E-state index is 12.8. The first-order chi connectivity index (χ1) is 25.4. The minimum atomic E-state index is -4.59. The molecule has 0 aliphatic rings. The van der Waals surface area contributed by atoms with Gasteiger partial charge in [0.2, 0.25) is 0 Å². The largest absolute Gasteiger partial charge is 0.433 e. The number of alkyl halides is 6. The van der Waals surface area contributed by atoms with Gasteiger partial charge in [-0.1, -0.05) is 20.8 Å². The number of halogens is 8. The summed E-state index contributed by atoms with van der Waals surface area (Å²) in [6.07, 6.45) is -1.36. The first-order valence-electron chi connectivity index (χ1n) is 15.2. The summed E-state index contributed by atoms with van der Waals surface area (Å²) in [6.45, 7) is 4.39. The number of nitrogens with one attached hydrogen (secondary N) is 1. The highest BCUT2D eigenvalue weighted by Crippen LogP contribution is 2.31. The number of pyridine rings is 4. The van der Waals surface area contributed by atoms with Gasteiger partial charge in [0.15, 0.2) is 40.4 Å². The first kappa shape index (κ1) is 43.7. The molecule has 6 heterocycles. The molecule has 1 N–H and O–H groups in total. The molecule has 0 unspecified atom stereocenters. The maximum Gasteiger partial charge on any atom is 0.433 e. The summed E-state index contributed by atoms with van der Waals surface area (Å²) in [5, 5.41) is 10.6. The van der Waals surface area contributed by atoms with E-state index in [1.165, 1.54) is 57.7 Å². The van der Waals surface area contributed by atoms with Crippen LogP contribution >= 0.6 is 31.9 Å². The van der Waals surface area contributed by atoms with Crippen LogP contribution in [0.5, 0.6) is 0 Å². The molecule has 0 aliphatic carbocycles. The predicted octanol–water partition coefficient (Wildman–Crippen LogP) is 6.80. The molecule has 0 bridgehead atoms. The Morgan fingerprint density at radius 3 is 1.71 bits per heavy atom. The number of hydrogen-bond acceptors (Lipinski definition) is 12. The Bertz CT molecular complexity index is 2690. The summed E-state index contributed by atoms with van der Waals surface area (Å²) >= 11 is 6.25. The molecule has 25 heteroatoms. The van der Waals surface area contributed by atoms with Crippen molar-refractivity contribution in [3.63, 3.8) is 0 Å². The monoisotopic (exact) mass is 962 g/mol. The molecule has 296 valence electrons. The van der Waals surface area contributed by atoms with Gasteiger partial charge in [0.25, 0.3) is 0 Å². The maximum atomic E-state index is 12.8. The van der Waals surface area contributed by atoms with Gasteiger partial charge in [-0.15, -0.1) is 0 Å². The number of sulfone groups is 3. The molecule has 0 saturated carbocycles. The minimum absolute atomic E-state index is 0.00908. The zero-order valence-electron chi connectivity index (χ0n) is 28.2. The molecular weight excluding hydrogens is 938 g/mol. The Morgan fingerprint density at radius 1 is 0.636 bits per heavy atom. The number of rotatable bonds is 7. The van der Waals surface area contributed by atoms with Crippen LogP contribution in [0.25, 0.3) is 27.6 Å². The lowest BCUT2D eigenvalue weighted by molar-refractivity contribution is -0.141. The third-order valence-corrected chi connectivity index (χ3v) is 13.3. The molecule has 0 aliphatic heterocycles. The predicted molar refractivity (Wildman–Crippen MR) is 193 cm³/mol. The highest BCUT2D eigenvalue weighted by Gasteiger charge is 2.34. The van der Waals surface area contributed by atoms with Gasteiger partial charge in [0, 0.05) is 50.7 Å². The summed E-state index contributed by atoms with van der Waals surface area (Å²) in [7, 11) is -10.9. The van der Waals surface area contributed by atoms with Gasteiger partial charge >= 0.3 is 12.4 Å². The van der Waals surface area contributed by atoms with E-state index in [0.29, 0.717) is 25.2 Å². The van der Waals surface area contributed by atoms with Crippen molar-refractivity contribution in [3.8, 4) is 5.82 Å². The van der Waals surface area contributed by atoms with Crippen molar-refractivity contribution < 1.29 is 51.6 Å². The molecule has 0 atom stereocenters. The van der Waals surface area contributed by atoms with Crippen LogP contribution in [0, 0.1) is 0 Å². The van der Waals surface area contributed by atoms with Crippen LogP contribution in [-0.4, -0.2) is 82.4 Å². The Balaban J connectivity index is 0.000000195. The SMILES string of the molecule is CCS(=O)(=O)c1cc(Br)cnc1-n1cc2cnc(C(F)(F)F)cc2n1.CCS(=O)(=O)c1cc(Br)cnc1S(=O)(=O)CC.FC(F)(F)c1cc2[nH]ncc2cn1. The average Bonchev–Trinajstić information content (AvgIpc) is 3.78. The van der Waals surface area contributed by atoms with Crippen molar-refractivity contribution in [3.05, 3.63) is 81.8 Å². The number of hydrogen-bond donors (Lipinski definition) is 1. The Hall–Kier alpha value is -4.07. The quantitative estimate of drug-likeness (QED) is 0.164. The van der Waals surface area contributed by atoms with Crippen molar-refractivity contribution >= 4 is 83.2 Å². The van der Waals surface area contributed by atoms with Gasteiger partial charge in [-0.25, -0.2) is 39.9 Å². The summed E-state index contributed by atoms with van der Waals surface area (Å²) < 4.78 is 148. The lowest BCUT2D eigenvalue weighted by Crippen LogP contribution is -2.14. The van der Waals surface area contributed by atoms with Crippen LogP contribution in [0.15, 0.2) is 85.2 Å². The van der Waals surface area contributed by atoms with E-state index in [4.69, 9.17) is 0 Å². The molecule has 0 radical (unpaired) electrons. The number of aromatic amines is 1. The summed E-state index contributed by atoms with van der Waals surface area (Å²) in [6, 6.07) is 4.39. The normalized spacial score (nSPS) is 12.6. The average molecular weight is 965 g/mol. The minimum Gasteiger partial charge on any atom is -0.278 e. The molecule has 6 aromatic rings. The molecule has 0 amide bonds. The van der Waals surface area contributed by atoms with Gasteiger partial charge in [0.1, 0.15) is 21.2 Å². The van der Waals surface area contributed by atoms with Crippen LogP contribution in [-0.2, 0) is 41.9 Å². The molecule has 55 heavy (non-hydrogen) atoms. The molecule has 0 saturated heterocycles. The highest BCUT2D eigenvalue weighted by molar-refractivity contribution is 9.10. The van der Waals surface area contributed by atoms with Crippen molar-refractivity contribution in [2.24, 2.45) is 0 Å². The first-order valence-corrected chi connectivity index (χ1v) is 21.8. The third kappa shape index (κ3) is 10.4. The topological polar surface area (TPSA) is 200 Å². The Morgan fingerprint density at radius 2 is 1.15 bits per heavy atom. The smallest absolute Gasteiger partial charge is 0.278 e. The van der Waals surface area contributed by atoms with Crippen molar-refractivity contribution in [2.45, 2.75) is 47.9 Å². The van der Waals surface area contributed by atoms with E-state index >= 15 is 0 Å². The lowest BCUT2D eigenvalue weighted by atomic mass is 10.3. The molecule has 0 fully saturated rings. The van der Waals surface area contributed by atoms with Gasteiger partial charge in [0.05, 0.1) is 34.5 Å². The van der Waals surface area contributed by atoms with E-state index < -0.39 is 53.3 Å². The Labute approximate surface area is 325 Å². The molecular formula is C30H26Br2F6N8O6S3. The van der Waals surface area contributed by atoms with E-state index in [0.717, 1.165) is 29.2 Å². The second kappa shape index (κ2) is 16.6. The number of aromatic nitrogens is 8. The fraction of sp³-hybridized carbons (Fsp3) is 0.267. The summed E-state index contributed by atoms with van der Waals surface area (Å²) in [5.74, 6) is -0.501. The Kier molecular flexibility index (Phi) is 13.2. The van der Waals surface area contributed by atoms with Crippen molar-refractivity contribution in [1.82, 2.24) is 39.9 Å². The van der Waals surface area contributed by atoms with Crippen LogP contribution in [0.1, 0.15) is 32.2 Å². The van der Waals surface area contributed by atoms with E-state index in [-0.39, 0.29) is 43.4 Å². The van der Waals surface area contributed by atoms with Crippen molar-refractivity contribution in [2.75, 3.05) is 17.3 Å².